The number of aryl methyl sites for hydroxylation is 2. The van der Waals surface area contributed by atoms with Gasteiger partial charge in [0.15, 0.2) is 5.11 Å². The van der Waals surface area contributed by atoms with E-state index >= 15 is 0 Å². The standard InChI is InChI=1S/C21H28N2OS/c1-15-11-12-16(2)19(14-15)22-21(25)23(18-8-5-4-6-9-18)17(3)20-10-7-13-24-20/h7,10-14,17-18H,4-6,8-9H2,1-3H3,(H,22,25)/t17-/m1/s1. The molecule has 1 fully saturated rings. The Morgan fingerprint density at radius 2 is 1.96 bits per heavy atom. The van der Waals surface area contributed by atoms with Crippen LogP contribution in [0.3, 0.4) is 0 Å². The van der Waals surface area contributed by atoms with E-state index in [2.05, 4.69) is 49.2 Å². The molecule has 1 saturated carbocycles. The lowest BCUT2D eigenvalue weighted by atomic mass is 9.93. The van der Waals surface area contributed by atoms with Crippen molar-refractivity contribution in [1.82, 2.24) is 4.90 Å². The Balaban J connectivity index is 1.84. The van der Waals surface area contributed by atoms with Crippen LogP contribution in [0.25, 0.3) is 0 Å². The van der Waals surface area contributed by atoms with Crippen molar-refractivity contribution in [3.05, 3.63) is 53.5 Å². The molecule has 1 N–H and O–H groups in total. The molecule has 0 amide bonds. The van der Waals surface area contributed by atoms with Crippen LogP contribution in [0.15, 0.2) is 41.0 Å². The molecule has 0 spiro atoms. The maximum absolute atomic E-state index is 5.86. The molecule has 25 heavy (non-hydrogen) atoms. The summed E-state index contributed by atoms with van der Waals surface area (Å²) in [6.45, 7) is 6.41. The van der Waals surface area contributed by atoms with E-state index in [1.807, 2.05) is 12.1 Å². The highest BCUT2D eigenvalue weighted by atomic mass is 32.1. The quantitative estimate of drug-likeness (QED) is 0.681. The molecular formula is C21H28N2OS. The highest BCUT2D eigenvalue weighted by molar-refractivity contribution is 7.80. The van der Waals surface area contributed by atoms with Crippen LogP contribution in [-0.2, 0) is 0 Å². The minimum Gasteiger partial charge on any atom is -0.467 e. The molecule has 0 aliphatic heterocycles. The van der Waals surface area contributed by atoms with Crippen molar-refractivity contribution < 1.29 is 4.42 Å². The smallest absolute Gasteiger partial charge is 0.174 e. The van der Waals surface area contributed by atoms with Crippen molar-refractivity contribution in [2.45, 2.75) is 65.0 Å². The van der Waals surface area contributed by atoms with E-state index in [1.54, 1.807) is 6.26 Å². The number of hydrogen-bond acceptors (Lipinski definition) is 2. The summed E-state index contributed by atoms with van der Waals surface area (Å²) in [5.41, 5.74) is 3.54. The highest BCUT2D eigenvalue weighted by Gasteiger charge is 2.29. The SMILES string of the molecule is Cc1ccc(C)c(NC(=S)N(C2CCCCC2)[C@H](C)c2ccco2)c1. The van der Waals surface area contributed by atoms with Gasteiger partial charge >= 0.3 is 0 Å². The minimum atomic E-state index is 0.128. The molecule has 1 aliphatic rings. The Morgan fingerprint density at radius 3 is 2.64 bits per heavy atom. The van der Waals surface area contributed by atoms with Gasteiger partial charge in [-0.15, -0.1) is 0 Å². The summed E-state index contributed by atoms with van der Waals surface area (Å²) < 4.78 is 5.68. The van der Waals surface area contributed by atoms with E-state index in [1.165, 1.54) is 43.2 Å². The van der Waals surface area contributed by atoms with Crippen molar-refractivity contribution >= 4 is 23.0 Å². The first-order valence-corrected chi connectivity index (χ1v) is 9.67. The number of hydrogen-bond donors (Lipinski definition) is 1. The van der Waals surface area contributed by atoms with E-state index in [0.29, 0.717) is 6.04 Å². The summed E-state index contributed by atoms with van der Waals surface area (Å²) in [4.78, 5) is 2.36. The van der Waals surface area contributed by atoms with Gasteiger partial charge in [0.05, 0.1) is 12.3 Å². The molecule has 1 aromatic heterocycles. The van der Waals surface area contributed by atoms with E-state index in [4.69, 9.17) is 16.6 Å². The average Bonchev–Trinajstić information content (AvgIpc) is 3.14. The van der Waals surface area contributed by atoms with Crippen LogP contribution in [0.1, 0.15) is 62.0 Å². The number of benzene rings is 1. The van der Waals surface area contributed by atoms with Crippen molar-refractivity contribution in [3.8, 4) is 0 Å². The van der Waals surface area contributed by atoms with Crippen LogP contribution in [-0.4, -0.2) is 16.1 Å². The van der Waals surface area contributed by atoms with Crippen LogP contribution in [0.2, 0.25) is 0 Å². The van der Waals surface area contributed by atoms with Gasteiger partial charge in [-0.25, -0.2) is 0 Å². The molecule has 1 atom stereocenters. The molecule has 0 bridgehead atoms. The highest BCUT2D eigenvalue weighted by Crippen LogP contribution is 2.31. The number of anilines is 1. The average molecular weight is 357 g/mol. The predicted octanol–water partition coefficient (Wildman–Crippen LogP) is 5.99. The maximum atomic E-state index is 5.86. The monoisotopic (exact) mass is 356 g/mol. The van der Waals surface area contributed by atoms with Crippen molar-refractivity contribution in [2.24, 2.45) is 0 Å². The van der Waals surface area contributed by atoms with Gasteiger partial charge in [0.1, 0.15) is 5.76 Å². The number of furan rings is 1. The lowest BCUT2D eigenvalue weighted by molar-refractivity contribution is 0.186. The van der Waals surface area contributed by atoms with Crippen molar-refractivity contribution in [3.63, 3.8) is 0 Å². The van der Waals surface area contributed by atoms with Crippen LogP contribution < -0.4 is 5.32 Å². The Morgan fingerprint density at radius 1 is 1.20 bits per heavy atom. The molecule has 2 aromatic rings. The lowest BCUT2D eigenvalue weighted by Gasteiger charge is -2.40. The Hall–Kier alpha value is -1.81. The van der Waals surface area contributed by atoms with Crippen LogP contribution in [0, 0.1) is 13.8 Å². The third-order valence-electron chi connectivity index (χ3n) is 5.21. The normalized spacial score (nSPS) is 16.4. The fourth-order valence-corrected chi connectivity index (χ4v) is 4.15. The molecule has 1 heterocycles. The zero-order valence-corrected chi connectivity index (χ0v) is 16.2. The van der Waals surface area contributed by atoms with Crippen LogP contribution in [0.4, 0.5) is 5.69 Å². The van der Waals surface area contributed by atoms with Crippen molar-refractivity contribution in [2.75, 3.05) is 5.32 Å². The van der Waals surface area contributed by atoms with Gasteiger partial charge < -0.3 is 14.6 Å². The number of nitrogens with zero attached hydrogens (tertiary/aromatic N) is 1. The van der Waals surface area contributed by atoms with Gasteiger partial charge in [-0.1, -0.05) is 31.4 Å². The summed E-state index contributed by atoms with van der Waals surface area (Å²) in [5.74, 6) is 0.968. The summed E-state index contributed by atoms with van der Waals surface area (Å²) in [7, 11) is 0. The molecule has 1 aromatic carbocycles. The lowest BCUT2D eigenvalue weighted by Crippen LogP contribution is -2.45. The van der Waals surface area contributed by atoms with E-state index in [9.17, 15) is 0 Å². The van der Waals surface area contributed by atoms with E-state index in [-0.39, 0.29) is 6.04 Å². The maximum Gasteiger partial charge on any atom is 0.174 e. The van der Waals surface area contributed by atoms with Gasteiger partial charge in [-0.3, -0.25) is 0 Å². The number of nitrogens with one attached hydrogen (secondary N) is 1. The van der Waals surface area contributed by atoms with E-state index in [0.717, 1.165) is 16.6 Å². The summed E-state index contributed by atoms with van der Waals surface area (Å²) in [6, 6.07) is 11.0. The Labute approximate surface area is 156 Å². The largest absolute Gasteiger partial charge is 0.467 e. The molecule has 3 nitrogen and oxygen atoms in total. The second-order valence-corrected chi connectivity index (χ2v) is 7.53. The predicted molar refractivity (Wildman–Crippen MR) is 108 cm³/mol. The third kappa shape index (κ3) is 4.24. The molecule has 0 saturated heterocycles. The molecule has 1 aliphatic carbocycles. The second-order valence-electron chi connectivity index (χ2n) is 7.14. The first-order chi connectivity index (χ1) is 12.1. The number of thiocarbonyl (C=S) groups is 1. The molecule has 0 unspecified atom stereocenters. The summed E-state index contributed by atoms with van der Waals surface area (Å²) in [5, 5.41) is 4.30. The molecule has 0 radical (unpaired) electrons. The summed E-state index contributed by atoms with van der Waals surface area (Å²) in [6.07, 6.45) is 8.01. The van der Waals surface area contributed by atoms with Gasteiger partial charge in [0, 0.05) is 11.7 Å². The van der Waals surface area contributed by atoms with Crippen LogP contribution in [0.5, 0.6) is 0 Å². The third-order valence-corrected chi connectivity index (χ3v) is 5.52. The second kappa shape index (κ2) is 8.05. The van der Waals surface area contributed by atoms with Crippen LogP contribution >= 0.6 is 12.2 Å². The minimum absolute atomic E-state index is 0.128. The molecule has 3 rings (SSSR count). The zero-order chi connectivity index (χ0) is 17.8. The fourth-order valence-electron chi connectivity index (χ4n) is 3.73. The first kappa shape index (κ1) is 18.0. The van der Waals surface area contributed by atoms with Gasteiger partial charge in [-0.05, 0) is 75.2 Å². The summed E-state index contributed by atoms with van der Waals surface area (Å²) >= 11 is 5.86. The van der Waals surface area contributed by atoms with Gasteiger partial charge in [0.2, 0.25) is 0 Å². The van der Waals surface area contributed by atoms with Gasteiger partial charge in [-0.2, -0.15) is 0 Å². The van der Waals surface area contributed by atoms with Crippen molar-refractivity contribution in [1.29, 1.82) is 0 Å². The van der Waals surface area contributed by atoms with Gasteiger partial charge in [0.25, 0.3) is 0 Å². The molecule has 134 valence electrons. The van der Waals surface area contributed by atoms with E-state index < -0.39 is 0 Å². The molecule has 4 heteroatoms. The Kier molecular flexibility index (Phi) is 5.79. The first-order valence-electron chi connectivity index (χ1n) is 9.26. The zero-order valence-electron chi connectivity index (χ0n) is 15.4. The topological polar surface area (TPSA) is 28.4 Å². The fraction of sp³-hybridized carbons (Fsp3) is 0.476. The molecular weight excluding hydrogens is 328 g/mol. The number of rotatable bonds is 4. The Bertz CT molecular complexity index is 705.